The van der Waals surface area contributed by atoms with E-state index in [0.717, 1.165) is 15.7 Å². The van der Waals surface area contributed by atoms with Crippen molar-refractivity contribution in [1.29, 1.82) is 0 Å². The number of nitrogens with zero attached hydrogens (tertiary/aromatic N) is 2. The number of aromatic amines is 1. The molecule has 0 unspecified atom stereocenters. The van der Waals surface area contributed by atoms with Gasteiger partial charge in [-0.15, -0.1) is 0 Å². The Kier molecular flexibility index (Phi) is 2.42. The summed E-state index contributed by atoms with van der Waals surface area (Å²) in [6.07, 6.45) is 1.68. The number of nitrogens with one attached hydrogen (secondary N) is 1. The lowest BCUT2D eigenvalue weighted by Crippen LogP contribution is -2.19. The van der Waals surface area contributed by atoms with Gasteiger partial charge >= 0.3 is 0 Å². The number of aryl methyl sites for hydroxylation is 1. The van der Waals surface area contributed by atoms with Crippen LogP contribution in [0.4, 0.5) is 0 Å². The summed E-state index contributed by atoms with van der Waals surface area (Å²) in [5.41, 5.74) is 2.37. The van der Waals surface area contributed by atoms with Crippen LogP contribution in [0.1, 0.15) is 31.0 Å². The van der Waals surface area contributed by atoms with Crippen LogP contribution in [0.5, 0.6) is 0 Å². The van der Waals surface area contributed by atoms with Gasteiger partial charge in [0, 0.05) is 5.56 Å². The largest absolute Gasteiger partial charge is 0.306 e. The maximum absolute atomic E-state index is 11.8. The summed E-state index contributed by atoms with van der Waals surface area (Å²) in [5, 5.41) is 4.20. The predicted octanol–water partition coefficient (Wildman–Crippen LogP) is 2.22. The highest BCUT2D eigenvalue weighted by atomic mass is 79.9. The Bertz CT molecular complexity index is 568. The second kappa shape index (κ2) is 3.48. The van der Waals surface area contributed by atoms with E-state index in [9.17, 15) is 4.79 Å². The summed E-state index contributed by atoms with van der Waals surface area (Å²) in [7, 11) is 0. The minimum atomic E-state index is -0.0313. The summed E-state index contributed by atoms with van der Waals surface area (Å²) < 4.78 is 2.55. The molecule has 2 aromatic heterocycles. The number of fused-ring (bicyclic) bond motifs is 1. The lowest BCUT2D eigenvalue weighted by molar-refractivity contribution is 0.779. The molecule has 0 radical (unpaired) electrons. The maximum atomic E-state index is 11.8. The minimum absolute atomic E-state index is 0.0313. The number of hydrogen-bond donors (Lipinski definition) is 1. The molecule has 1 N–H and O–H groups in total. The van der Waals surface area contributed by atoms with E-state index >= 15 is 0 Å². The summed E-state index contributed by atoms with van der Waals surface area (Å²) in [6, 6.07) is 0. The van der Waals surface area contributed by atoms with Crippen molar-refractivity contribution >= 4 is 21.6 Å². The van der Waals surface area contributed by atoms with Crippen molar-refractivity contribution < 1.29 is 0 Å². The van der Waals surface area contributed by atoms with Crippen molar-refractivity contribution in [2.75, 3.05) is 0 Å². The molecule has 0 saturated heterocycles. The van der Waals surface area contributed by atoms with Crippen LogP contribution >= 0.6 is 15.9 Å². The zero-order chi connectivity index (χ0) is 11.2. The molecule has 5 heteroatoms. The molecule has 4 nitrogen and oxygen atoms in total. The number of hydrogen-bond acceptors (Lipinski definition) is 2. The first-order valence-electron chi connectivity index (χ1n) is 4.78. The third-order valence-corrected chi connectivity index (χ3v) is 3.07. The molecule has 2 heterocycles. The molecule has 0 aliphatic heterocycles. The first-order valence-corrected chi connectivity index (χ1v) is 5.57. The standard InChI is InChI=1S/C10H12BrN3O/c1-5(2)8-6(3)14-9(13-10(8)15)7(11)4-12-14/h4-5H,1-3H3,(H,13,15). The Hall–Kier alpha value is -1.10. The highest BCUT2D eigenvalue weighted by Gasteiger charge is 2.14. The molecule has 0 fully saturated rings. The van der Waals surface area contributed by atoms with Crippen LogP contribution in [0.15, 0.2) is 15.5 Å². The molecule has 0 bridgehead atoms. The molecular weight excluding hydrogens is 258 g/mol. The van der Waals surface area contributed by atoms with Crippen LogP contribution in [-0.2, 0) is 0 Å². The van der Waals surface area contributed by atoms with E-state index < -0.39 is 0 Å². The summed E-state index contributed by atoms with van der Waals surface area (Å²) >= 11 is 3.34. The van der Waals surface area contributed by atoms with Gasteiger partial charge in [0.15, 0.2) is 5.65 Å². The van der Waals surface area contributed by atoms with Gasteiger partial charge in [0.05, 0.1) is 16.4 Å². The fraction of sp³-hybridized carbons (Fsp3) is 0.400. The smallest absolute Gasteiger partial charge is 0.254 e. The molecule has 0 aliphatic rings. The van der Waals surface area contributed by atoms with Crippen LogP contribution in [-0.4, -0.2) is 14.6 Å². The molecule has 0 saturated carbocycles. The SMILES string of the molecule is Cc1c(C(C)C)c(=O)[nH]c2c(Br)cnn12. The molecule has 0 spiro atoms. The summed E-state index contributed by atoms with van der Waals surface area (Å²) in [4.78, 5) is 14.7. The van der Waals surface area contributed by atoms with Crippen LogP contribution < -0.4 is 5.56 Å². The van der Waals surface area contributed by atoms with Gasteiger partial charge in [-0.25, -0.2) is 4.52 Å². The van der Waals surface area contributed by atoms with E-state index in [1.807, 2.05) is 20.8 Å². The van der Waals surface area contributed by atoms with Crippen LogP contribution in [0.3, 0.4) is 0 Å². The highest BCUT2D eigenvalue weighted by molar-refractivity contribution is 9.10. The molecule has 80 valence electrons. The average Bonchev–Trinajstić information content (AvgIpc) is 2.47. The normalized spacial score (nSPS) is 11.5. The lowest BCUT2D eigenvalue weighted by Gasteiger charge is -2.09. The number of halogens is 1. The van der Waals surface area contributed by atoms with Crippen molar-refractivity contribution in [3.05, 3.63) is 32.3 Å². The van der Waals surface area contributed by atoms with Gasteiger partial charge in [0.1, 0.15) is 0 Å². The van der Waals surface area contributed by atoms with E-state index in [-0.39, 0.29) is 11.5 Å². The van der Waals surface area contributed by atoms with Crippen molar-refractivity contribution in [3.8, 4) is 0 Å². The first-order chi connectivity index (χ1) is 7.02. The van der Waals surface area contributed by atoms with Gasteiger partial charge in [-0.2, -0.15) is 5.10 Å². The average molecular weight is 270 g/mol. The van der Waals surface area contributed by atoms with E-state index in [1.165, 1.54) is 0 Å². The van der Waals surface area contributed by atoms with Crippen molar-refractivity contribution in [2.24, 2.45) is 0 Å². The summed E-state index contributed by atoms with van der Waals surface area (Å²) in [6.45, 7) is 5.92. The minimum Gasteiger partial charge on any atom is -0.306 e. The van der Waals surface area contributed by atoms with Gasteiger partial charge in [-0.05, 0) is 28.8 Å². The van der Waals surface area contributed by atoms with Gasteiger partial charge < -0.3 is 4.98 Å². The number of H-pyrrole nitrogens is 1. The molecule has 0 aromatic carbocycles. The second-order valence-corrected chi connectivity index (χ2v) is 4.72. The fourth-order valence-corrected chi connectivity index (χ4v) is 2.19. The van der Waals surface area contributed by atoms with Gasteiger partial charge in [-0.1, -0.05) is 13.8 Å². The third-order valence-electron chi connectivity index (χ3n) is 2.49. The quantitative estimate of drug-likeness (QED) is 0.863. The van der Waals surface area contributed by atoms with Gasteiger partial charge in [0.2, 0.25) is 0 Å². The lowest BCUT2D eigenvalue weighted by atomic mass is 10.0. The molecule has 0 atom stereocenters. The fourth-order valence-electron chi connectivity index (χ4n) is 1.83. The van der Waals surface area contributed by atoms with Crippen LogP contribution in [0.2, 0.25) is 0 Å². The van der Waals surface area contributed by atoms with E-state index in [2.05, 4.69) is 26.0 Å². The number of aromatic nitrogens is 3. The van der Waals surface area contributed by atoms with Crippen molar-refractivity contribution in [2.45, 2.75) is 26.7 Å². The summed E-state index contributed by atoms with van der Waals surface area (Å²) in [5.74, 6) is 0.195. The molecule has 15 heavy (non-hydrogen) atoms. The Morgan fingerprint density at radius 1 is 1.53 bits per heavy atom. The van der Waals surface area contributed by atoms with Crippen LogP contribution in [0, 0.1) is 6.92 Å². The predicted molar refractivity (Wildman–Crippen MR) is 62.3 cm³/mol. The highest BCUT2D eigenvalue weighted by Crippen LogP contribution is 2.19. The molecule has 0 amide bonds. The topological polar surface area (TPSA) is 50.2 Å². The molecule has 2 aromatic rings. The van der Waals surface area contributed by atoms with E-state index in [1.54, 1.807) is 10.7 Å². The van der Waals surface area contributed by atoms with E-state index in [4.69, 9.17) is 0 Å². The number of rotatable bonds is 1. The van der Waals surface area contributed by atoms with Gasteiger partial charge in [0.25, 0.3) is 5.56 Å². The van der Waals surface area contributed by atoms with Crippen molar-refractivity contribution in [1.82, 2.24) is 14.6 Å². The molecular formula is C10H12BrN3O. The zero-order valence-electron chi connectivity index (χ0n) is 8.84. The monoisotopic (exact) mass is 269 g/mol. The molecule has 2 rings (SSSR count). The Labute approximate surface area is 95.4 Å². The van der Waals surface area contributed by atoms with Crippen LogP contribution in [0.25, 0.3) is 5.65 Å². The maximum Gasteiger partial charge on any atom is 0.254 e. The van der Waals surface area contributed by atoms with Gasteiger partial charge in [-0.3, -0.25) is 4.79 Å². The Morgan fingerprint density at radius 3 is 2.80 bits per heavy atom. The van der Waals surface area contributed by atoms with Crippen molar-refractivity contribution in [3.63, 3.8) is 0 Å². The van der Waals surface area contributed by atoms with E-state index in [0.29, 0.717) is 5.65 Å². The third kappa shape index (κ3) is 1.51. The first kappa shape index (κ1) is 10.4. The second-order valence-electron chi connectivity index (χ2n) is 3.86. The zero-order valence-corrected chi connectivity index (χ0v) is 10.4. The Morgan fingerprint density at radius 2 is 2.20 bits per heavy atom. The molecule has 0 aliphatic carbocycles. The Balaban J connectivity index is 2.92.